The number of carboxylic acid groups (broad SMARTS) is 1. The molecule has 32 heavy (non-hydrogen) atoms. The van der Waals surface area contributed by atoms with E-state index >= 15 is 0 Å². The minimum atomic E-state index is -1.22. The Hall–Kier alpha value is -1.85. The zero-order valence-electron chi connectivity index (χ0n) is 19.6. The van der Waals surface area contributed by atoms with Crippen LogP contribution in [0.2, 0.25) is 0 Å². The van der Waals surface area contributed by atoms with Crippen molar-refractivity contribution in [2.24, 2.45) is 23.3 Å². The van der Waals surface area contributed by atoms with E-state index in [4.69, 9.17) is 11.5 Å². The van der Waals surface area contributed by atoms with E-state index in [0.29, 0.717) is 32.2 Å². The van der Waals surface area contributed by atoms with Gasteiger partial charge in [0.15, 0.2) is 0 Å². The van der Waals surface area contributed by atoms with Crippen molar-refractivity contribution in [2.75, 3.05) is 12.3 Å². The van der Waals surface area contributed by atoms with E-state index in [1.54, 1.807) is 0 Å². The van der Waals surface area contributed by atoms with Gasteiger partial charge in [-0.1, -0.05) is 40.5 Å². The van der Waals surface area contributed by atoms with Crippen molar-refractivity contribution in [2.45, 2.75) is 84.0 Å². The van der Waals surface area contributed by atoms with Crippen LogP contribution in [-0.4, -0.2) is 65.3 Å². The lowest BCUT2D eigenvalue weighted by Crippen LogP contribution is -2.59. The summed E-state index contributed by atoms with van der Waals surface area (Å²) in [5.41, 5.74) is 11.5. The van der Waals surface area contributed by atoms with Crippen molar-refractivity contribution in [3.8, 4) is 0 Å². The van der Waals surface area contributed by atoms with Gasteiger partial charge < -0.3 is 32.5 Å². The molecule has 11 heteroatoms. The number of unbranched alkanes of at least 4 members (excludes halogenated alkanes) is 1. The highest BCUT2D eigenvalue weighted by atomic mass is 32.1. The minimum absolute atomic E-state index is 0.0559. The Labute approximate surface area is 196 Å². The largest absolute Gasteiger partial charge is 0.480 e. The van der Waals surface area contributed by atoms with Gasteiger partial charge in [0.05, 0.1) is 6.04 Å². The van der Waals surface area contributed by atoms with E-state index in [2.05, 4.69) is 28.6 Å². The third-order valence-corrected chi connectivity index (χ3v) is 6.10. The predicted molar refractivity (Wildman–Crippen MR) is 127 cm³/mol. The van der Waals surface area contributed by atoms with Crippen molar-refractivity contribution >= 4 is 36.3 Å². The second-order valence-corrected chi connectivity index (χ2v) is 8.58. The van der Waals surface area contributed by atoms with E-state index in [1.165, 1.54) is 0 Å². The zero-order chi connectivity index (χ0) is 24.8. The first-order chi connectivity index (χ1) is 15.0. The number of rotatable bonds is 16. The van der Waals surface area contributed by atoms with Gasteiger partial charge in [0.2, 0.25) is 17.7 Å². The zero-order valence-corrected chi connectivity index (χ0v) is 20.5. The first kappa shape index (κ1) is 30.1. The summed E-state index contributed by atoms with van der Waals surface area (Å²) in [5.74, 6) is -3.14. The van der Waals surface area contributed by atoms with Crippen molar-refractivity contribution in [1.82, 2.24) is 16.0 Å². The second-order valence-electron chi connectivity index (χ2n) is 8.21. The maximum absolute atomic E-state index is 13.1. The topological polar surface area (TPSA) is 177 Å². The summed E-state index contributed by atoms with van der Waals surface area (Å²) in [6, 6.07) is -3.79. The molecular weight excluding hydrogens is 434 g/mol. The quantitative estimate of drug-likeness (QED) is 0.121. The molecule has 0 aliphatic heterocycles. The van der Waals surface area contributed by atoms with E-state index in [0.717, 1.165) is 0 Å². The van der Waals surface area contributed by atoms with Gasteiger partial charge in [-0.15, -0.1) is 0 Å². The number of nitrogens with one attached hydrogen (secondary N) is 3. The van der Waals surface area contributed by atoms with Crippen LogP contribution in [0.3, 0.4) is 0 Å². The molecule has 10 nitrogen and oxygen atoms in total. The summed E-state index contributed by atoms with van der Waals surface area (Å²) in [7, 11) is 0. The van der Waals surface area contributed by atoms with Gasteiger partial charge in [-0.3, -0.25) is 14.4 Å². The van der Waals surface area contributed by atoms with Crippen LogP contribution in [0.1, 0.15) is 59.8 Å². The SMILES string of the molecule is CCC(C)C(N)C(=O)NC(C(=O)NC(CCCCN)C(=O)NC(CS)C(=O)O)C(C)CC. The Bertz CT molecular complexity index is 621. The van der Waals surface area contributed by atoms with Crippen LogP contribution in [0.4, 0.5) is 0 Å². The van der Waals surface area contributed by atoms with Gasteiger partial charge >= 0.3 is 5.97 Å². The van der Waals surface area contributed by atoms with Gasteiger partial charge in [0.1, 0.15) is 18.1 Å². The smallest absolute Gasteiger partial charge is 0.327 e. The summed E-state index contributed by atoms with van der Waals surface area (Å²) in [4.78, 5) is 49.6. The fourth-order valence-electron chi connectivity index (χ4n) is 2.94. The van der Waals surface area contributed by atoms with Crippen molar-refractivity contribution in [3.63, 3.8) is 0 Å². The number of carboxylic acids is 1. The van der Waals surface area contributed by atoms with Gasteiger partial charge in [-0.2, -0.15) is 12.6 Å². The molecule has 0 rings (SSSR count). The standard InChI is InChI=1S/C21H41N5O5S/c1-5-12(3)16(23)19(28)26-17(13(4)6-2)20(29)24-14(9-7-8-10-22)18(27)25-15(11-32)21(30)31/h12-17,32H,5-11,22-23H2,1-4H3,(H,24,29)(H,25,27)(H,26,28)(H,30,31). The van der Waals surface area contributed by atoms with E-state index in [-0.39, 0.29) is 24.0 Å². The molecule has 0 radical (unpaired) electrons. The van der Waals surface area contributed by atoms with Crippen molar-refractivity contribution in [3.05, 3.63) is 0 Å². The maximum atomic E-state index is 13.1. The molecule has 0 aromatic heterocycles. The molecule has 0 aromatic carbocycles. The van der Waals surface area contributed by atoms with Crippen LogP contribution in [-0.2, 0) is 19.2 Å². The minimum Gasteiger partial charge on any atom is -0.480 e. The van der Waals surface area contributed by atoms with Gasteiger partial charge in [-0.25, -0.2) is 4.79 Å². The fraction of sp³-hybridized carbons (Fsp3) is 0.810. The number of hydrogen-bond acceptors (Lipinski definition) is 7. The highest BCUT2D eigenvalue weighted by molar-refractivity contribution is 7.80. The lowest BCUT2D eigenvalue weighted by molar-refractivity contribution is -0.141. The molecule has 0 saturated carbocycles. The fourth-order valence-corrected chi connectivity index (χ4v) is 3.19. The lowest BCUT2D eigenvalue weighted by atomic mass is 9.95. The van der Waals surface area contributed by atoms with Crippen LogP contribution in [0.5, 0.6) is 0 Å². The van der Waals surface area contributed by atoms with Crippen LogP contribution < -0.4 is 27.4 Å². The third-order valence-electron chi connectivity index (χ3n) is 5.73. The second kappa shape index (κ2) is 15.9. The molecule has 0 fully saturated rings. The maximum Gasteiger partial charge on any atom is 0.327 e. The molecule has 0 saturated heterocycles. The van der Waals surface area contributed by atoms with Gasteiger partial charge in [0.25, 0.3) is 0 Å². The summed E-state index contributed by atoms with van der Waals surface area (Å²) < 4.78 is 0. The Morgan fingerprint density at radius 1 is 0.875 bits per heavy atom. The summed E-state index contributed by atoms with van der Waals surface area (Å²) in [6.07, 6.45) is 2.81. The summed E-state index contributed by atoms with van der Waals surface area (Å²) in [5, 5.41) is 17.0. The number of nitrogens with two attached hydrogens (primary N) is 2. The van der Waals surface area contributed by atoms with Crippen molar-refractivity contribution in [1.29, 1.82) is 0 Å². The van der Waals surface area contributed by atoms with Crippen LogP contribution in [0, 0.1) is 11.8 Å². The molecule has 0 aliphatic rings. The van der Waals surface area contributed by atoms with Gasteiger partial charge in [0, 0.05) is 5.75 Å². The molecule has 8 N–H and O–H groups in total. The Balaban J connectivity index is 5.50. The Morgan fingerprint density at radius 2 is 1.44 bits per heavy atom. The molecule has 6 atom stereocenters. The Kier molecular flexibility index (Phi) is 15.0. The van der Waals surface area contributed by atoms with Crippen LogP contribution >= 0.6 is 12.6 Å². The predicted octanol–water partition coefficient (Wildman–Crippen LogP) is 0.00370. The van der Waals surface area contributed by atoms with Crippen molar-refractivity contribution < 1.29 is 24.3 Å². The van der Waals surface area contributed by atoms with E-state index in [9.17, 15) is 24.3 Å². The number of amides is 3. The number of carbonyl (C=O) groups is 4. The molecule has 0 bridgehead atoms. The third kappa shape index (κ3) is 10.2. The molecule has 6 unspecified atom stereocenters. The number of aliphatic carboxylic acids is 1. The molecule has 0 spiro atoms. The first-order valence-electron chi connectivity index (χ1n) is 11.2. The lowest BCUT2D eigenvalue weighted by Gasteiger charge is -2.28. The molecule has 186 valence electrons. The normalized spacial score (nSPS) is 16.7. The number of thiol groups is 1. The average molecular weight is 476 g/mol. The number of carbonyl (C=O) groups excluding carboxylic acids is 3. The van der Waals surface area contributed by atoms with Crippen LogP contribution in [0.25, 0.3) is 0 Å². The molecule has 0 aromatic rings. The molecule has 0 aliphatic carbocycles. The monoisotopic (exact) mass is 475 g/mol. The number of hydrogen-bond donors (Lipinski definition) is 7. The average Bonchev–Trinajstić information content (AvgIpc) is 2.77. The van der Waals surface area contributed by atoms with E-state index < -0.39 is 47.9 Å². The highest BCUT2D eigenvalue weighted by Crippen LogP contribution is 2.12. The summed E-state index contributed by atoms with van der Waals surface area (Å²) >= 11 is 3.95. The van der Waals surface area contributed by atoms with E-state index in [1.807, 2.05) is 27.7 Å². The molecule has 3 amide bonds. The molecule has 0 heterocycles. The Morgan fingerprint density at radius 3 is 1.91 bits per heavy atom. The van der Waals surface area contributed by atoms with Crippen LogP contribution in [0.15, 0.2) is 0 Å². The van der Waals surface area contributed by atoms with Gasteiger partial charge in [-0.05, 0) is 37.6 Å². The first-order valence-corrected chi connectivity index (χ1v) is 11.9. The molecular formula is C21H41N5O5S. The highest BCUT2D eigenvalue weighted by Gasteiger charge is 2.32. The summed E-state index contributed by atoms with van der Waals surface area (Å²) in [6.45, 7) is 7.93.